The number of hydrogen-bond acceptors (Lipinski definition) is 0. The van der Waals surface area contributed by atoms with E-state index in [0.717, 1.165) is 0 Å². The molecule has 1 aliphatic carbocycles. The van der Waals surface area contributed by atoms with Gasteiger partial charge in [0.15, 0.2) is 23.7 Å². The molecule has 1 rings (SSSR count). The Labute approximate surface area is 97.2 Å². The molecule has 0 nitrogen and oxygen atoms in total. The third-order valence-corrected chi connectivity index (χ3v) is 3.15. The van der Waals surface area contributed by atoms with Crippen LogP contribution in [0.15, 0.2) is 23.3 Å². The van der Waals surface area contributed by atoms with Crippen molar-refractivity contribution in [1.82, 2.24) is 0 Å². The van der Waals surface area contributed by atoms with Gasteiger partial charge in [0.05, 0.1) is 5.92 Å². The normalized spacial score (nSPS) is 27.7. The molecule has 5 heteroatoms. The Kier molecular flexibility index (Phi) is 4.71. The second-order valence-electron chi connectivity index (χ2n) is 4.21. The van der Waals surface area contributed by atoms with Crippen LogP contribution in [0.3, 0.4) is 0 Å². The molecule has 0 fully saturated rings. The Hall–Kier alpha value is -0.870. The van der Waals surface area contributed by atoms with E-state index in [1.807, 2.05) is 6.92 Å². The van der Waals surface area contributed by atoms with Gasteiger partial charge in [0, 0.05) is 0 Å². The maximum Gasteiger partial charge on any atom is 0.195 e. The highest BCUT2D eigenvalue weighted by atomic mass is 19.2. The van der Waals surface area contributed by atoms with Crippen LogP contribution in [0, 0.1) is 11.8 Å². The maximum absolute atomic E-state index is 13.6. The molecular formula is C12H15F5. The van der Waals surface area contributed by atoms with Crippen LogP contribution in [0.4, 0.5) is 22.0 Å². The maximum atomic E-state index is 13.6. The zero-order chi connectivity index (χ0) is 13.2. The van der Waals surface area contributed by atoms with Gasteiger partial charge in [0.1, 0.15) is 5.83 Å². The molecule has 0 aliphatic heterocycles. The van der Waals surface area contributed by atoms with Crippen molar-refractivity contribution >= 4 is 0 Å². The minimum absolute atomic E-state index is 0.383. The summed E-state index contributed by atoms with van der Waals surface area (Å²) in [7, 11) is 0. The predicted molar refractivity (Wildman–Crippen MR) is 55.6 cm³/mol. The van der Waals surface area contributed by atoms with Gasteiger partial charge in [-0.05, 0) is 12.3 Å². The quantitative estimate of drug-likeness (QED) is 0.613. The summed E-state index contributed by atoms with van der Waals surface area (Å²) in [5, 5.41) is 0. The van der Waals surface area contributed by atoms with E-state index in [4.69, 9.17) is 0 Å². The largest absolute Gasteiger partial charge is 0.239 e. The molecule has 0 amide bonds. The first-order chi connectivity index (χ1) is 7.95. The molecule has 0 aromatic carbocycles. The smallest absolute Gasteiger partial charge is 0.195 e. The molecule has 3 atom stereocenters. The summed E-state index contributed by atoms with van der Waals surface area (Å²) in [5.41, 5.74) is 0. The van der Waals surface area contributed by atoms with Crippen molar-refractivity contribution in [3.63, 3.8) is 0 Å². The lowest BCUT2D eigenvalue weighted by Crippen LogP contribution is -2.29. The van der Waals surface area contributed by atoms with Crippen molar-refractivity contribution < 1.29 is 22.0 Å². The van der Waals surface area contributed by atoms with E-state index < -0.39 is 41.3 Å². The molecule has 1 aliphatic rings. The van der Waals surface area contributed by atoms with Crippen molar-refractivity contribution in [3.05, 3.63) is 23.3 Å². The predicted octanol–water partition coefficient (Wildman–Crippen LogP) is 5.08. The minimum Gasteiger partial charge on any atom is -0.239 e. The van der Waals surface area contributed by atoms with Crippen molar-refractivity contribution in [2.24, 2.45) is 11.8 Å². The van der Waals surface area contributed by atoms with Crippen LogP contribution in [0.5, 0.6) is 0 Å². The fraction of sp³-hybridized carbons (Fsp3) is 0.667. The summed E-state index contributed by atoms with van der Waals surface area (Å²) < 4.78 is 66.0. The van der Waals surface area contributed by atoms with E-state index in [1.54, 1.807) is 6.92 Å². The number of allylic oxidation sites excluding steroid dienone is 4. The Morgan fingerprint density at radius 2 is 1.53 bits per heavy atom. The van der Waals surface area contributed by atoms with Crippen LogP contribution in [0.2, 0.25) is 0 Å². The van der Waals surface area contributed by atoms with Crippen molar-refractivity contribution in [2.45, 2.75) is 39.3 Å². The average molecular weight is 254 g/mol. The Morgan fingerprint density at radius 3 is 2.00 bits per heavy atom. The first kappa shape index (κ1) is 14.2. The van der Waals surface area contributed by atoms with Crippen molar-refractivity contribution in [3.8, 4) is 0 Å². The fourth-order valence-corrected chi connectivity index (χ4v) is 2.22. The molecule has 0 saturated carbocycles. The van der Waals surface area contributed by atoms with E-state index in [1.165, 1.54) is 0 Å². The number of halogens is 5. The van der Waals surface area contributed by atoms with Gasteiger partial charge in [-0.2, -0.15) is 0 Å². The third-order valence-electron chi connectivity index (χ3n) is 3.15. The molecule has 0 N–H and O–H groups in total. The molecule has 3 unspecified atom stereocenters. The number of rotatable bonds is 4. The van der Waals surface area contributed by atoms with Gasteiger partial charge >= 0.3 is 0 Å². The van der Waals surface area contributed by atoms with Crippen LogP contribution in [0.25, 0.3) is 0 Å². The summed E-state index contributed by atoms with van der Waals surface area (Å²) in [6, 6.07) is 0. The van der Waals surface area contributed by atoms with Crippen LogP contribution < -0.4 is 0 Å². The molecule has 0 aromatic heterocycles. The van der Waals surface area contributed by atoms with Gasteiger partial charge in [0.2, 0.25) is 0 Å². The van der Waals surface area contributed by atoms with E-state index in [9.17, 15) is 22.0 Å². The Balaban J connectivity index is 3.09. The highest BCUT2D eigenvalue weighted by Gasteiger charge is 2.43. The molecule has 0 spiro atoms. The fourth-order valence-electron chi connectivity index (χ4n) is 2.22. The van der Waals surface area contributed by atoms with E-state index in [-0.39, 0.29) is 0 Å². The third kappa shape index (κ3) is 2.53. The summed E-state index contributed by atoms with van der Waals surface area (Å²) in [6.07, 6.45) is -0.957. The standard InChI is InChI=1S/C12H15F5/c1-3-5-6(4-2)7-8(13)10(15)12(17)11(16)9(7)14/h6-8H,3-5H2,1-2H3. The van der Waals surface area contributed by atoms with Gasteiger partial charge in [-0.1, -0.05) is 26.7 Å². The lowest BCUT2D eigenvalue weighted by molar-refractivity contribution is 0.145. The molecule has 0 radical (unpaired) electrons. The average Bonchev–Trinajstić information content (AvgIpc) is 2.33. The second-order valence-corrected chi connectivity index (χ2v) is 4.21. The van der Waals surface area contributed by atoms with Crippen molar-refractivity contribution in [2.75, 3.05) is 0 Å². The topological polar surface area (TPSA) is 0 Å². The van der Waals surface area contributed by atoms with Gasteiger partial charge in [-0.3, -0.25) is 0 Å². The number of alkyl halides is 1. The monoisotopic (exact) mass is 254 g/mol. The van der Waals surface area contributed by atoms with Crippen molar-refractivity contribution in [1.29, 1.82) is 0 Å². The summed E-state index contributed by atoms with van der Waals surface area (Å²) >= 11 is 0. The molecule has 0 aromatic rings. The summed E-state index contributed by atoms with van der Waals surface area (Å²) in [6.45, 7) is 3.49. The lowest BCUT2D eigenvalue weighted by Gasteiger charge is -2.29. The SMILES string of the molecule is CCCC(CC)C1C(F)=C(F)C(F)=C(F)C1F. The first-order valence-corrected chi connectivity index (χ1v) is 5.70. The number of hydrogen-bond donors (Lipinski definition) is 0. The lowest BCUT2D eigenvalue weighted by atomic mass is 9.79. The van der Waals surface area contributed by atoms with Gasteiger partial charge in [0.25, 0.3) is 0 Å². The van der Waals surface area contributed by atoms with Gasteiger partial charge < -0.3 is 0 Å². The molecular weight excluding hydrogens is 239 g/mol. The highest BCUT2D eigenvalue weighted by molar-refractivity contribution is 5.34. The first-order valence-electron chi connectivity index (χ1n) is 5.70. The molecule has 0 bridgehead atoms. The van der Waals surface area contributed by atoms with E-state index in [2.05, 4.69) is 0 Å². The Bertz CT molecular complexity index is 345. The summed E-state index contributed by atoms with van der Waals surface area (Å²) in [5.74, 6) is -9.34. The molecule has 98 valence electrons. The molecule has 17 heavy (non-hydrogen) atoms. The second kappa shape index (κ2) is 5.65. The zero-order valence-corrected chi connectivity index (χ0v) is 9.74. The highest BCUT2D eigenvalue weighted by Crippen LogP contribution is 2.44. The molecule has 0 saturated heterocycles. The Morgan fingerprint density at radius 1 is 1.00 bits per heavy atom. The minimum atomic E-state index is -2.43. The van der Waals surface area contributed by atoms with E-state index >= 15 is 0 Å². The zero-order valence-electron chi connectivity index (χ0n) is 9.74. The van der Waals surface area contributed by atoms with Gasteiger partial charge in [-0.25, -0.2) is 22.0 Å². The van der Waals surface area contributed by atoms with Crippen LogP contribution in [0.1, 0.15) is 33.1 Å². The van der Waals surface area contributed by atoms with Crippen LogP contribution in [-0.2, 0) is 0 Å². The molecule has 0 heterocycles. The van der Waals surface area contributed by atoms with Crippen LogP contribution in [-0.4, -0.2) is 6.17 Å². The summed E-state index contributed by atoms with van der Waals surface area (Å²) in [4.78, 5) is 0. The van der Waals surface area contributed by atoms with E-state index in [0.29, 0.717) is 19.3 Å². The van der Waals surface area contributed by atoms with Gasteiger partial charge in [-0.15, -0.1) is 0 Å². The van der Waals surface area contributed by atoms with Crippen LogP contribution >= 0.6 is 0 Å².